The predicted octanol–water partition coefficient (Wildman–Crippen LogP) is 1.64. The molecule has 1 amide bonds. The zero-order chi connectivity index (χ0) is 14.9. The highest BCUT2D eigenvalue weighted by Crippen LogP contribution is 2.35. The molecule has 2 rings (SSSR count). The summed E-state index contributed by atoms with van der Waals surface area (Å²) in [6, 6.07) is 3.94. The van der Waals surface area contributed by atoms with Gasteiger partial charge in [0.2, 0.25) is 6.79 Å². The van der Waals surface area contributed by atoms with Gasteiger partial charge in [-0.25, -0.2) is 4.79 Å². The fourth-order valence-electron chi connectivity index (χ4n) is 1.97. The maximum atomic E-state index is 12.3. The summed E-state index contributed by atoms with van der Waals surface area (Å²) >= 11 is 0. The molecule has 6 nitrogen and oxygen atoms in total. The second kappa shape index (κ2) is 5.03. The zero-order valence-corrected chi connectivity index (χ0v) is 11.6. The van der Waals surface area contributed by atoms with E-state index in [9.17, 15) is 14.7 Å². The first-order chi connectivity index (χ1) is 9.30. The Bertz CT molecular complexity index is 547. The molecule has 0 radical (unpaired) electrons. The number of carboxylic acid groups (broad SMARTS) is 1. The lowest BCUT2D eigenvalue weighted by Crippen LogP contribution is -2.49. The number of ether oxygens (including phenoxy) is 2. The Morgan fingerprint density at radius 2 is 2.00 bits per heavy atom. The fraction of sp³-hybridized carbons (Fsp3) is 0.429. The molecule has 1 aromatic carbocycles. The van der Waals surface area contributed by atoms with Crippen LogP contribution in [0.3, 0.4) is 0 Å². The molecule has 0 spiro atoms. The number of amides is 1. The van der Waals surface area contributed by atoms with Gasteiger partial charge in [0.05, 0.1) is 5.56 Å². The number of rotatable bonds is 3. The van der Waals surface area contributed by atoms with E-state index in [0.29, 0.717) is 11.5 Å². The number of fused-ring (bicyclic) bond motifs is 1. The highest BCUT2D eigenvalue weighted by atomic mass is 16.7. The molecular formula is C14H17NO5. The Labute approximate surface area is 116 Å². The van der Waals surface area contributed by atoms with Gasteiger partial charge in [-0.1, -0.05) is 26.8 Å². The Morgan fingerprint density at radius 3 is 2.60 bits per heavy atom. The van der Waals surface area contributed by atoms with Crippen molar-refractivity contribution < 1.29 is 24.2 Å². The van der Waals surface area contributed by atoms with E-state index in [0.717, 1.165) is 0 Å². The first kappa shape index (κ1) is 14.2. The van der Waals surface area contributed by atoms with Crippen molar-refractivity contribution in [1.29, 1.82) is 0 Å². The lowest BCUT2D eigenvalue weighted by Gasteiger charge is -2.27. The molecule has 0 saturated heterocycles. The van der Waals surface area contributed by atoms with Crippen molar-refractivity contribution in [3.63, 3.8) is 0 Å². The highest BCUT2D eigenvalue weighted by Gasteiger charge is 2.34. The summed E-state index contributed by atoms with van der Waals surface area (Å²) in [5.41, 5.74) is -0.327. The predicted molar refractivity (Wildman–Crippen MR) is 70.9 cm³/mol. The van der Waals surface area contributed by atoms with E-state index in [1.807, 2.05) is 0 Å². The molecule has 1 atom stereocenters. The molecule has 0 fully saturated rings. The molecule has 1 aromatic rings. The van der Waals surface area contributed by atoms with Gasteiger partial charge in [-0.3, -0.25) is 4.79 Å². The van der Waals surface area contributed by atoms with Gasteiger partial charge in [0.1, 0.15) is 6.04 Å². The van der Waals surface area contributed by atoms with E-state index in [1.165, 1.54) is 0 Å². The van der Waals surface area contributed by atoms with Gasteiger partial charge in [0.15, 0.2) is 11.5 Å². The number of carboxylic acids is 1. The van der Waals surface area contributed by atoms with E-state index >= 15 is 0 Å². The summed E-state index contributed by atoms with van der Waals surface area (Å²) in [6.07, 6.45) is 0. The van der Waals surface area contributed by atoms with Crippen molar-refractivity contribution in [2.45, 2.75) is 26.8 Å². The molecule has 0 aliphatic carbocycles. The van der Waals surface area contributed by atoms with Crippen molar-refractivity contribution in [1.82, 2.24) is 5.32 Å². The molecule has 108 valence electrons. The summed E-state index contributed by atoms with van der Waals surface area (Å²) < 4.78 is 10.4. The quantitative estimate of drug-likeness (QED) is 0.878. The minimum atomic E-state index is -1.07. The van der Waals surface area contributed by atoms with E-state index in [1.54, 1.807) is 39.0 Å². The number of carbonyl (C=O) groups excluding carboxylic acids is 1. The molecular weight excluding hydrogens is 262 g/mol. The molecule has 6 heteroatoms. The number of carbonyl (C=O) groups is 2. The Hall–Kier alpha value is -2.24. The van der Waals surface area contributed by atoms with E-state index in [2.05, 4.69) is 5.32 Å². The van der Waals surface area contributed by atoms with Gasteiger partial charge in [-0.05, 0) is 17.5 Å². The maximum absolute atomic E-state index is 12.3. The van der Waals surface area contributed by atoms with Crippen LogP contribution in [0.1, 0.15) is 31.1 Å². The van der Waals surface area contributed by atoms with Gasteiger partial charge in [0, 0.05) is 0 Å². The smallest absolute Gasteiger partial charge is 0.326 e. The van der Waals surface area contributed by atoms with Crippen molar-refractivity contribution in [3.05, 3.63) is 23.8 Å². The van der Waals surface area contributed by atoms with Crippen LogP contribution in [0.25, 0.3) is 0 Å². The average Bonchev–Trinajstić information content (AvgIpc) is 2.81. The van der Waals surface area contributed by atoms with Crippen molar-refractivity contribution >= 4 is 11.9 Å². The molecule has 0 unspecified atom stereocenters. The largest absolute Gasteiger partial charge is 0.480 e. The van der Waals surface area contributed by atoms with Crippen molar-refractivity contribution in [3.8, 4) is 11.5 Å². The number of benzene rings is 1. The molecule has 0 aromatic heterocycles. The first-order valence-electron chi connectivity index (χ1n) is 6.23. The number of hydrogen-bond donors (Lipinski definition) is 2. The van der Waals surface area contributed by atoms with Crippen LogP contribution in [0.4, 0.5) is 0 Å². The second-order valence-electron chi connectivity index (χ2n) is 5.65. The average molecular weight is 279 g/mol. The third-order valence-electron chi connectivity index (χ3n) is 3.03. The highest BCUT2D eigenvalue weighted by molar-refractivity contribution is 5.99. The second-order valence-corrected chi connectivity index (χ2v) is 5.65. The molecule has 1 aliphatic heterocycles. The van der Waals surface area contributed by atoms with Crippen LogP contribution >= 0.6 is 0 Å². The van der Waals surface area contributed by atoms with Crippen LogP contribution < -0.4 is 14.8 Å². The number of nitrogens with one attached hydrogen (secondary N) is 1. The summed E-state index contributed by atoms with van der Waals surface area (Å²) in [4.78, 5) is 23.5. The third-order valence-corrected chi connectivity index (χ3v) is 3.03. The van der Waals surface area contributed by atoms with Crippen LogP contribution in [0, 0.1) is 5.41 Å². The fourth-order valence-corrected chi connectivity index (χ4v) is 1.97. The van der Waals surface area contributed by atoms with E-state index in [4.69, 9.17) is 9.47 Å². The minimum absolute atomic E-state index is 0.0568. The van der Waals surface area contributed by atoms with Crippen LogP contribution in [0.5, 0.6) is 11.5 Å². The van der Waals surface area contributed by atoms with Crippen LogP contribution in [0.2, 0.25) is 0 Å². The van der Waals surface area contributed by atoms with Gasteiger partial charge in [0.25, 0.3) is 5.91 Å². The van der Waals surface area contributed by atoms with Gasteiger partial charge < -0.3 is 19.9 Å². The third kappa shape index (κ3) is 2.68. The lowest BCUT2D eigenvalue weighted by atomic mass is 9.86. The number of para-hydroxylation sites is 1. The standard InChI is InChI=1S/C14H17NO5/c1-14(2,3)11(13(17)18)15-12(16)8-5-4-6-9-10(8)20-7-19-9/h4-6,11H,7H2,1-3H3,(H,15,16)(H,17,18)/t11-/m0/s1. The SMILES string of the molecule is CC(C)(C)[C@@H](NC(=O)c1cccc2c1OCO2)C(=O)O. The van der Waals surface area contributed by atoms with Crippen LogP contribution in [0.15, 0.2) is 18.2 Å². The Kier molecular flexibility index (Phi) is 3.57. The zero-order valence-electron chi connectivity index (χ0n) is 11.6. The topological polar surface area (TPSA) is 84.9 Å². The number of aliphatic carboxylic acids is 1. The van der Waals surface area contributed by atoms with Gasteiger partial charge in [-0.2, -0.15) is 0 Å². The van der Waals surface area contributed by atoms with E-state index in [-0.39, 0.29) is 12.4 Å². The summed E-state index contributed by atoms with van der Waals surface area (Å²) in [7, 11) is 0. The van der Waals surface area contributed by atoms with Gasteiger partial charge in [-0.15, -0.1) is 0 Å². The lowest BCUT2D eigenvalue weighted by molar-refractivity contribution is -0.142. The van der Waals surface area contributed by atoms with Crippen LogP contribution in [-0.2, 0) is 4.79 Å². The Balaban J connectivity index is 2.25. The monoisotopic (exact) mass is 279 g/mol. The molecule has 0 saturated carbocycles. The van der Waals surface area contributed by atoms with E-state index < -0.39 is 23.3 Å². The summed E-state index contributed by atoms with van der Waals surface area (Å²) in [5.74, 6) is -0.728. The summed E-state index contributed by atoms with van der Waals surface area (Å²) in [6.45, 7) is 5.31. The molecule has 20 heavy (non-hydrogen) atoms. The number of hydrogen-bond acceptors (Lipinski definition) is 4. The van der Waals surface area contributed by atoms with Gasteiger partial charge >= 0.3 is 5.97 Å². The van der Waals surface area contributed by atoms with Crippen molar-refractivity contribution in [2.75, 3.05) is 6.79 Å². The molecule has 1 aliphatic rings. The molecule has 2 N–H and O–H groups in total. The molecule has 1 heterocycles. The molecule has 0 bridgehead atoms. The van der Waals surface area contributed by atoms with Crippen molar-refractivity contribution in [2.24, 2.45) is 5.41 Å². The normalized spacial score (nSPS) is 14.8. The van der Waals surface area contributed by atoms with Crippen LogP contribution in [-0.4, -0.2) is 29.8 Å². The summed E-state index contributed by atoms with van der Waals surface area (Å²) in [5, 5.41) is 11.8. The Morgan fingerprint density at radius 1 is 1.30 bits per heavy atom. The minimum Gasteiger partial charge on any atom is -0.480 e. The maximum Gasteiger partial charge on any atom is 0.326 e. The first-order valence-corrected chi connectivity index (χ1v) is 6.23.